The predicted octanol–water partition coefficient (Wildman–Crippen LogP) is 5.39. The molecule has 14 heteroatoms. The van der Waals surface area contributed by atoms with Crippen LogP contribution in [0.5, 0.6) is 0 Å². The fraction of sp³-hybridized carbons (Fsp3) is 0.310. The van der Waals surface area contributed by atoms with Crippen LogP contribution in [0, 0.1) is 5.82 Å². The van der Waals surface area contributed by atoms with Gasteiger partial charge in [0, 0.05) is 24.0 Å². The van der Waals surface area contributed by atoms with Crippen molar-refractivity contribution < 1.29 is 27.2 Å². The van der Waals surface area contributed by atoms with E-state index in [0.717, 1.165) is 32.5 Å². The van der Waals surface area contributed by atoms with Gasteiger partial charge in [0.05, 0.1) is 16.8 Å². The van der Waals surface area contributed by atoms with E-state index in [-0.39, 0.29) is 17.4 Å². The van der Waals surface area contributed by atoms with Crippen LogP contribution in [0.3, 0.4) is 0 Å². The number of carbonyl (C=O) groups excluding carboxylic acids is 2. The first-order valence-electron chi connectivity index (χ1n) is 13.8. The maximum Gasteiger partial charge on any atom is 0.416 e. The van der Waals surface area contributed by atoms with E-state index in [1.807, 2.05) is 0 Å². The summed E-state index contributed by atoms with van der Waals surface area (Å²) < 4.78 is 54.5. The number of amides is 3. The van der Waals surface area contributed by atoms with E-state index in [9.17, 15) is 27.2 Å². The van der Waals surface area contributed by atoms with Crippen LogP contribution < -0.4 is 21.7 Å². The van der Waals surface area contributed by atoms with Crippen molar-refractivity contribution in [3.8, 4) is 11.1 Å². The number of urea groups is 1. The first-order chi connectivity index (χ1) is 20.6. The first kappa shape index (κ1) is 29.8. The van der Waals surface area contributed by atoms with Crippen LogP contribution in [0.15, 0.2) is 55.0 Å². The zero-order valence-corrected chi connectivity index (χ0v) is 23.0. The first-order valence-corrected chi connectivity index (χ1v) is 13.8. The molecule has 0 unspecified atom stereocenters. The molecule has 226 valence electrons. The van der Waals surface area contributed by atoms with Gasteiger partial charge in [-0.15, -0.1) is 0 Å². The molecule has 0 saturated carbocycles. The summed E-state index contributed by atoms with van der Waals surface area (Å²) in [5.74, 6) is -1.15. The SMILES string of the molecule is Nc1ncnn2cc(C(=O)NCCCCN3CCCC3)c(-c3ccc(NC(=O)Nc4cc(C(F)(F)F)ccc4F)cc3)c12. The second kappa shape index (κ2) is 12.7. The number of fused-ring (bicyclic) bond motifs is 1. The van der Waals surface area contributed by atoms with E-state index in [2.05, 4.69) is 30.9 Å². The Morgan fingerprint density at radius 2 is 1.74 bits per heavy atom. The molecule has 2 aromatic heterocycles. The average molecular weight is 599 g/mol. The Hall–Kier alpha value is -4.72. The molecule has 4 aromatic rings. The van der Waals surface area contributed by atoms with Crippen LogP contribution in [0.2, 0.25) is 0 Å². The molecular formula is C29H30F4N8O2. The van der Waals surface area contributed by atoms with Gasteiger partial charge in [0.25, 0.3) is 5.91 Å². The Morgan fingerprint density at radius 1 is 1.00 bits per heavy atom. The number of alkyl halides is 3. The third-order valence-electron chi connectivity index (χ3n) is 7.21. The lowest BCUT2D eigenvalue weighted by molar-refractivity contribution is -0.137. The summed E-state index contributed by atoms with van der Waals surface area (Å²) in [5.41, 5.74) is 6.55. The van der Waals surface area contributed by atoms with Gasteiger partial charge in [-0.25, -0.2) is 18.7 Å². The van der Waals surface area contributed by atoms with Crippen LogP contribution in [-0.4, -0.2) is 57.6 Å². The number of aromatic nitrogens is 3. The maximum absolute atomic E-state index is 14.0. The van der Waals surface area contributed by atoms with Gasteiger partial charge in [0.15, 0.2) is 5.82 Å². The highest BCUT2D eigenvalue weighted by atomic mass is 19.4. The summed E-state index contributed by atoms with van der Waals surface area (Å²) >= 11 is 0. The number of benzene rings is 2. The Morgan fingerprint density at radius 3 is 2.47 bits per heavy atom. The molecule has 3 amide bonds. The van der Waals surface area contributed by atoms with E-state index in [4.69, 9.17) is 5.73 Å². The number of nitrogens with one attached hydrogen (secondary N) is 3. The van der Waals surface area contributed by atoms with Crippen molar-refractivity contribution >= 4 is 34.6 Å². The normalized spacial score (nSPS) is 13.8. The summed E-state index contributed by atoms with van der Waals surface area (Å²) in [4.78, 5) is 32.2. The smallest absolute Gasteiger partial charge is 0.382 e. The number of halogens is 4. The number of nitrogens with zero attached hydrogens (tertiary/aromatic N) is 4. The van der Waals surface area contributed by atoms with E-state index < -0.39 is 29.3 Å². The molecule has 1 saturated heterocycles. The zero-order valence-electron chi connectivity index (χ0n) is 23.0. The largest absolute Gasteiger partial charge is 0.416 e. The maximum atomic E-state index is 14.0. The van der Waals surface area contributed by atoms with Crippen molar-refractivity contribution in [2.45, 2.75) is 31.9 Å². The zero-order chi connectivity index (χ0) is 30.6. The van der Waals surface area contributed by atoms with Crippen LogP contribution in [0.25, 0.3) is 16.6 Å². The Bertz CT molecular complexity index is 1620. The van der Waals surface area contributed by atoms with Gasteiger partial charge in [-0.05, 0) is 81.2 Å². The Labute approximate surface area is 244 Å². The molecule has 0 bridgehead atoms. The topological polar surface area (TPSA) is 130 Å². The van der Waals surface area contributed by atoms with Crippen LogP contribution in [-0.2, 0) is 6.18 Å². The quantitative estimate of drug-likeness (QED) is 0.151. The van der Waals surface area contributed by atoms with Gasteiger partial charge >= 0.3 is 12.2 Å². The molecule has 2 aromatic carbocycles. The van der Waals surface area contributed by atoms with Crippen molar-refractivity contribution in [2.75, 3.05) is 42.5 Å². The highest BCUT2D eigenvalue weighted by Crippen LogP contribution is 2.34. The van der Waals surface area contributed by atoms with Crippen molar-refractivity contribution in [1.82, 2.24) is 24.8 Å². The number of nitrogens with two attached hydrogens (primary N) is 1. The van der Waals surface area contributed by atoms with Gasteiger partial charge in [-0.2, -0.15) is 18.3 Å². The van der Waals surface area contributed by atoms with Crippen molar-refractivity contribution in [3.63, 3.8) is 0 Å². The van der Waals surface area contributed by atoms with E-state index in [1.54, 1.807) is 18.3 Å². The standard InChI is InChI=1S/C29H30F4N8O2/c30-22-10-7-19(29(31,32)33)15-23(22)39-28(43)38-20-8-5-18(6-9-20)24-21(16-41-25(24)26(34)36-17-37-41)27(42)35-11-1-2-12-40-13-3-4-14-40/h5-10,15-17H,1-4,11-14H2,(H,35,42)(H2,34,36,37)(H2,38,39,43). The number of unbranched alkanes of at least 4 members (excludes halogenated alkanes) is 1. The van der Waals surface area contributed by atoms with E-state index in [1.165, 1.54) is 35.8 Å². The lowest BCUT2D eigenvalue weighted by atomic mass is 10.0. The minimum absolute atomic E-state index is 0.166. The number of anilines is 3. The fourth-order valence-corrected chi connectivity index (χ4v) is 5.07. The lowest BCUT2D eigenvalue weighted by Gasteiger charge is -2.14. The molecule has 0 radical (unpaired) electrons. The third-order valence-corrected chi connectivity index (χ3v) is 7.21. The number of hydrogen-bond acceptors (Lipinski definition) is 6. The number of hydrogen-bond donors (Lipinski definition) is 4. The highest BCUT2D eigenvalue weighted by Gasteiger charge is 2.31. The van der Waals surface area contributed by atoms with Crippen molar-refractivity contribution in [2.24, 2.45) is 0 Å². The minimum atomic E-state index is -4.70. The molecule has 0 atom stereocenters. The number of carbonyl (C=O) groups is 2. The number of likely N-dealkylation sites (tertiary alicyclic amines) is 1. The van der Waals surface area contributed by atoms with Crippen LogP contribution in [0.4, 0.5) is 39.5 Å². The monoisotopic (exact) mass is 598 g/mol. The summed E-state index contributed by atoms with van der Waals surface area (Å²) in [6, 6.07) is 7.12. The fourth-order valence-electron chi connectivity index (χ4n) is 5.07. The molecule has 3 heterocycles. The lowest BCUT2D eigenvalue weighted by Crippen LogP contribution is -2.26. The summed E-state index contributed by atoms with van der Waals surface area (Å²) in [5, 5.41) is 11.7. The van der Waals surface area contributed by atoms with Crippen LogP contribution in [0.1, 0.15) is 41.6 Å². The third kappa shape index (κ3) is 7.02. The predicted molar refractivity (Wildman–Crippen MR) is 154 cm³/mol. The molecule has 1 fully saturated rings. The Balaban J connectivity index is 1.29. The summed E-state index contributed by atoms with van der Waals surface area (Å²) in [6.45, 7) is 3.77. The Kier molecular flexibility index (Phi) is 8.76. The highest BCUT2D eigenvalue weighted by molar-refractivity contribution is 6.07. The van der Waals surface area contributed by atoms with Gasteiger partial charge in [0.1, 0.15) is 17.7 Å². The van der Waals surface area contributed by atoms with E-state index >= 15 is 0 Å². The minimum Gasteiger partial charge on any atom is -0.382 e. The summed E-state index contributed by atoms with van der Waals surface area (Å²) in [7, 11) is 0. The van der Waals surface area contributed by atoms with Gasteiger partial charge in [0.2, 0.25) is 0 Å². The molecule has 0 aliphatic carbocycles. The molecule has 5 N–H and O–H groups in total. The van der Waals surface area contributed by atoms with Crippen molar-refractivity contribution in [3.05, 3.63) is 71.9 Å². The number of rotatable bonds is 9. The molecular weight excluding hydrogens is 568 g/mol. The average Bonchev–Trinajstić information content (AvgIpc) is 3.63. The molecule has 5 rings (SSSR count). The second-order valence-corrected chi connectivity index (χ2v) is 10.2. The number of nitrogen functional groups attached to an aromatic ring is 1. The molecule has 0 spiro atoms. The van der Waals surface area contributed by atoms with Gasteiger partial charge in [-0.3, -0.25) is 4.79 Å². The van der Waals surface area contributed by atoms with Crippen molar-refractivity contribution in [1.29, 1.82) is 0 Å². The molecule has 43 heavy (non-hydrogen) atoms. The van der Waals surface area contributed by atoms with Gasteiger partial charge < -0.3 is 26.6 Å². The molecule has 10 nitrogen and oxygen atoms in total. The van der Waals surface area contributed by atoms with E-state index in [0.29, 0.717) is 47.0 Å². The molecule has 1 aliphatic heterocycles. The summed E-state index contributed by atoms with van der Waals surface area (Å²) in [6.07, 6.45) is 2.44. The van der Waals surface area contributed by atoms with Gasteiger partial charge in [-0.1, -0.05) is 12.1 Å². The second-order valence-electron chi connectivity index (χ2n) is 10.2. The molecule has 1 aliphatic rings. The van der Waals surface area contributed by atoms with Crippen LogP contribution >= 0.6 is 0 Å².